The number of benzene rings is 1. The fourth-order valence-corrected chi connectivity index (χ4v) is 3.13. The van der Waals surface area contributed by atoms with Crippen molar-refractivity contribution in [3.63, 3.8) is 0 Å². The largest absolute Gasteiger partial charge is 0.305 e. The maximum atomic E-state index is 5.85. The molecule has 1 N–H and O–H groups in total. The van der Waals surface area contributed by atoms with Crippen LogP contribution in [0.4, 0.5) is 0 Å². The van der Waals surface area contributed by atoms with Gasteiger partial charge in [0, 0.05) is 32.3 Å². The summed E-state index contributed by atoms with van der Waals surface area (Å²) < 4.78 is 1.15. The first-order valence-corrected chi connectivity index (χ1v) is 7.42. The molecule has 1 heterocycles. The third kappa shape index (κ3) is 3.81. The van der Waals surface area contributed by atoms with Crippen molar-refractivity contribution in [1.82, 2.24) is 5.32 Å². The molecule has 4 heteroatoms. The van der Waals surface area contributed by atoms with Crippen LogP contribution in [0.25, 0.3) is 0 Å². The second-order valence-corrected chi connectivity index (χ2v) is 6.19. The van der Waals surface area contributed by atoms with Gasteiger partial charge < -0.3 is 5.32 Å². The van der Waals surface area contributed by atoms with Crippen molar-refractivity contribution in [2.75, 3.05) is 0 Å². The van der Waals surface area contributed by atoms with Gasteiger partial charge in [0.25, 0.3) is 0 Å². The molecule has 0 bridgehead atoms. The number of nitrogens with one attached hydrogen (secondary N) is 1. The highest BCUT2D eigenvalue weighted by atomic mass is 79.9. The summed E-state index contributed by atoms with van der Waals surface area (Å²) in [6.07, 6.45) is 0. The molecule has 0 amide bonds. The van der Waals surface area contributed by atoms with Crippen molar-refractivity contribution in [1.29, 1.82) is 0 Å². The maximum absolute atomic E-state index is 5.85. The van der Waals surface area contributed by atoms with Gasteiger partial charge in [-0.15, -0.1) is 11.3 Å². The minimum atomic E-state index is 0.363. The molecule has 90 valence electrons. The monoisotopic (exact) mass is 329 g/mol. The molecule has 0 radical (unpaired) electrons. The van der Waals surface area contributed by atoms with E-state index in [0.29, 0.717) is 6.04 Å². The predicted molar refractivity (Wildman–Crippen MR) is 78.7 cm³/mol. The summed E-state index contributed by atoms with van der Waals surface area (Å²) in [4.78, 5) is 1.34. The predicted octanol–water partition coefficient (Wildman–Crippen LogP) is 5.01. The van der Waals surface area contributed by atoms with E-state index in [0.717, 1.165) is 16.0 Å². The quantitative estimate of drug-likeness (QED) is 0.830. The van der Waals surface area contributed by atoms with E-state index in [1.54, 1.807) is 11.3 Å². The summed E-state index contributed by atoms with van der Waals surface area (Å²) in [5.74, 6) is 0. The molecule has 0 aliphatic heterocycles. The molecule has 2 aromatic rings. The summed E-state index contributed by atoms with van der Waals surface area (Å²) in [5, 5.41) is 6.38. The average molecular weight is 331 g/mol. The Labute approximate surface area is 119 Å². The lowest BCUT2D eigenvalue weighted by molar-refractivity contribution is 0.583. The van der Waals surface area contributed by atoms with Crippen molar-refractivity contribution in [3.8, 4) is 0 Å². The third-order valence-electron chi connectivity index (χ3n) is 2.54. The van der Waals surface area contributed by atoms with E-state index in [1.807, 2.05) is 24.3 Å². The van der Waals surface area contributed by atoms with E-state index in [2.05, 4.69) is 39.6 Å². The van der Waals surface area contributed by atoms with Crippen LogP contribution in [0.3, 0.4) is 0 Å². The van der Waals surface area contributed by atoms with Crippen molar-refractivity contribution >= 4 is 38.9 Å². The Morgan fingerprint density at radius 2 is 2.06 bits per heavy atom. The van der Waals surface area contributed by atoms with Crippen LogP contribution in [0.15, 0.2) is 40.2 Å². The van der Waals surface area contributed by atoms with Crippen LogP contribution in [0.5, 0.6) is 0 Å². The van der Waals surface area contributed by atoms with E-state index in [1.165, 1.54) is 10.4 Å². The average Bonchev–Trinajstić information content (AvgIpc) is 2.75. The minimum absolute atomic E-state index is 0.363. The summed E-state index contributed by atoms with van der Waals surface area (Å²) in [6.45, 7) is 3.03. The van der Waals surface area contributed by atoms with Gasteiger partial charge in [0.1, 0.15) is 0 Å². The molecule has 1 atom stereocenters. The highest BCUT2D eigenvalue weighted by molar-refractivity contribution is 9.10. The van der Waals surface area contributed by atoms with Crippen LogP contribution in [0, 0.1) is 0 Å². The van der Waals surface area contributed by atoms with Gasteiger partial charge in [-0.1, -0.05) is 23.7 Å². The fourth-order valence-electron chi connectivity index (χ4n) is 1.53. The second kappa shape index (κ2) is 6.01. The number of hydrogen-bond acceptors (Lipinski definition) is 2. The number of hydrogen-bond donors (Lipinski definition) is 1. The first-order valence-electron chi connectivity index (χ1n) is 5.37. The van der Waals surface area contributed by atoms with Gasteiger partial charge in [-0.25, -0.2) is 0 Å². The van der Waals surface area contributed by atoms with Gasteiger partial charge in [0.2, 0.25) is 0 Å². The van der Waals surface area contributed by atoms with Crippen LogP contribution in [-0.4, -0.2) is 0 Å². The number of thiophene rings is 1. The molecule has 1 aromatic carbocycles. The Kier molecular flexibility index (Phi) is 4.62. The lowest BCUT2D eigenvalue weighted by atomic mass is 10.2. The van der Waals surface area contributed by atoms with Gasteiger partial charge >= 0.3 is 0 Å². The van der Waals surface area contributed by atoms with E-state index in [4.69, 9.17) is 11.6 Å². The van der Waals surface area contributed by atoms with Crippen LogP contribution < -0.4 is 5.32 Å². The Bertz CT molecular complexity index is 480. The molecule has 0 aliphatic carbocycles. The molecule has 0 spiro atoms. The zero-order valence-electron chi connectivity index (χ0n) is 9.41. The molecular weight excluding hydrogens is 318 g/mol. The fraction of sp³-hybridized carbons (Fsp3) is 0.231. The van der Waals surface area contributed by atoms with E-state index in [-0.39, 0.29) is 0 Å². The lowest BCUT2D eigenvalue weighted by Crippen LogP contribution is -2.16. The Morgan fingerprint density at radius 3 is 2.65 bits per heavy atom. The molecule has 0 saturated carbocycles. The molecule has 0 saturated heterocycles. The highest BCUT2D eigenvalue weighted by Gasteiger charge is 2.07. The summed E-state index contributed by atoms with van der Waals surface area (Å²) in [6, 6.07) is 10.5. The standard InChI is InChI=1S/C13H13BrClNS/c1-9(13-6-11(14)8-17-13)16-7-10-2-4-12(15)5-3-10/h2-6,8-9,16H,7H2,1H3. The zero-order valence-corrected chi connectivity index (χ0v) is 12.6. The molecule has 1 unspecified atom stereocenters. The number of halogens is 2. The minimum Gasteiger partial charge on any atom is -0.305 e. The van der Waals surface area contributed by atoms with Crippen LogP contribution in [0.2, 0.25) is 5.02 Å². The normalized spacial score (nSPS) is 12.6. The van der Waals surface area contributed by atoms with Crippen LogP contribution in [-0.2, 0) is 6.54 Å². The van der Waals surface area contributed by atoms with E-state index < -0.39 is 0 Å². The van der Waals surface area contributed by atoms with E-state index in [9.17, 15) is 0 Å². The third-order valence-corrected chi connectivity index (χ3v) is 4.67. The van der Waals surface area contributed by atoms with Crippen LogP contribution >= 0.6 is 38.9 Å². The summed E-state index contributed by atoms with van der Waals surface area (Å²) >= 11 is 11.1. The van der Waals surface area contributed by atoms with Gasteiger partial charge in [-0.2, -0.15) is 0 Å². The van der Waals surface area contributed by atoms with Crippen molar-refractivity contribution in [3.05, 3.63) is 55.6 Å². The summed E-state index contributed by atoms with van der Waals surface area (Å²) in [7, 11) is 0. The SMILES string of the molecule is CC(NCc1ccc(Cl)cc1)c1cc(Br)cs1. The lowest BCUT2D eigenvalue weighted by Gasteiger charge is -2.12. The van der Waals surface area contributed by atoms with Crippen molar-refractivity contribution in [2.45, 2.75) is 19.5 Å². The molecule has 17 heavy (non-hydrogen) atoms. The Morgan fingerprint density at radius 1 is 1.35 bits per heavy atom. The van der Waals surface area contributed by atoms with Gasteiger partial charge in [0.15, 0.2) is 0 Å². The van der Waals surface area contributed by atoms with Gasteiger partial charge in [-0.3, -0.25) is 0 Å². The van der Waals surface area contributed by atoms with Gasteiger partial charge in [0.05, 0.1) is 0 Å². The molecule has 2 rings (SSSR count). The highest BCUT2D eigenvalue weighted by Crippen LogP contribution is 2.25. The molecule has 1 aromatic heterocycles. The van der Waals surface area contributed by atoms with Crippen LogP contribution in [0.1, 0.15) is 23.4 Å². The van der Waals surface area contributed by atoms with Gasteiger partial charge in [-0.05, 0) is 46.6 Å². The molecular formula is C13H13BrClNS. The second-order valence-electron chi connectivity index (χ2n) is 3.90. The molecule has 0 fully saturated rings. The topological polar surface area (TPSA) is 12.0 Å². The van der Waals surface area contributed by atoms with Crippen molar-refractivity contribution in [2.24, 2.45) is 0 Å². The molecule has 1 nitrogen and oxygen atoms in total. The van der Waals surface area contributed by atoms with Crippen molar-refractivity contribution < 1.29 is 0 Å². The molecule has 0 aliphatic rings. The first kappa shape index (κ1) is 13.1. The first-order chi connectivity index (χ1) is 8.15. The zero-order chi connectivity index (χ0) is 12.3. The Balaban J connectivity index is 1.92. The van der Waals surface area contributed by atoms with E-state index >= 15 is 0 Å². The smallest absolute Gasteiger partial charge is 0.0406 e. The summed E-state index contributed by atoms with van der Waals surface area (Å²) in [5.41, 5.74) is 1.25. The Hall–Kier alpha value is -0.350. The maximum Gasteiger partial charge on any atom is 0.0406 e. The number of rotatable bonds is 4.